The first-order chi connectivity index (χ1) is 16.3. The highest BCUT2D eigenvalue weighted by molar-refractivity contribution is 7.88. The first kappa shape index (κ1) is 25.5. The molecule has 0 aromatic heterocycles. The third-order valence-corrected chi connectivity index (χ3v) is 9.32. The summed E-state index contributed by atoms with van der Waals surface area (Å²) >= 11 is 12.1. The van der Waals surface area contributed by atoms with Crippen LogP contribution in [0.15, 0.2) is 48.5 Å². The van der Waals surface area contributed by atoms with Gasteiger partial charge in [-0.15, -0.1) is 0 Å². The number of carbonyl (C=O) groups excluding carboxylic acids is 1. The lowest BCUT2D eigenvalue weighted by Crippen LogP contribution is -2.49. The summed E-state index contributed by atoms with van der Waals surface area (Å²) in [5.74, 6) is -0.683. The number of nitrogens with one attached hydrogen (secondary N) is 1. The predicted molar refractivity (Wildman–Crippen MR) is 135 cm³/mol. The Labute approximate surface area is 211 Å². The maximum atomic E-state index is 13.1. The number of halogens is 2. The number of benzene rings is 2. The molecule has 0 saturated carbocycles. The molecule has 0 spiro atoms. The molecule has 9 heteroatoms. The molecule has 2 heterocycles. The first-order valence-electron chi connectivity index (χ1n) is 11.6. The average molecular weight is 525 g/mol. The maximum Gasteiger partial charge on any atom is 0.224 e. The molecule has 184 valence electrons. The molecule has 2 fully saturated rings. The van der Waals surface area contributed by atoms with Crippen molar-refractivity contribution in [1.29, 1.82) is 0 Å². The lowest BCUT2D eigenvalue weighted by molar-refractivity contribution is -0.126. The Morgan fingerprint density at radius 1 is 1.12 bits per heavy atom. The van der Waals surface area contributed by atoms with E-state index < -0.39 is 10.0 Å². The molecule has 0 bridgehead atoms. The van der Waals surface area contributed by atoms with Crippen LogP contribution in [0.25, 0.3) is 0 Å². The Hall–Kier alpha value is -1.64. The van der Waals surface area contributed by atoms with Crippen LogP contribution in [0, 0.1) is 5.92 Å². The van der Waals surface area contributed by atoms with E-state index in [9.17, 15) is 13.2 Å². The van der Waals surface area contributed by atoms with Crippen LogP contribution in [-0.4, -0.2) is 51.5 Å². The zero-order valence-electron chi connectivity index (χ0n) is 19.0. The SMILES string of the molecule is O=C(NCC1(c2ccccc2)CCOCC1)[C@@H]1CCCN(S(=O)(=O)Cc2ccc(Cl)cc2Cl)C1. The lowest BCUT2D eigenvalue weighted by atomic mass is 9.74. The van der Waals surface area contributed by atoms with Crippen molar-refractivity contribution in [3.63, 3.8) is 0 Å². The fraction of sp³-hybridized carbons (Fsp3) is 0.480. The third-order valence-electron chi connectivity index (χ3n) is 6.94. The van der Waals surface area contributed by atoms with Crippen LogP contribution < -0.4 is 5.32 Å². The normalized spacial score (nSPS) is 21.2. The van der Waals surface area contributed by atoms with Crippen LogP contribution in [0.5, 0.6) is 0 Å². The summed E-state index contributed by atoms with van der Waals surface area (Å²) in [6, 6.07) is 15.0. The number of sulfonamides is 1. The van der Waals surface area contributed by atoms with Gasteiger partial charge in [-0.05, 0) is 48.9 Å². The van der Waals surface area contributed by atoms with E-state index >= 15 is 0 Å². The fourth-order valence-electron chi connectivity index (χ4n) is 4.86. The zero-order chi connectivity index (χ0) is 24.2. The van der Waals surface area contributed by atoms with Crippen LogP contribution in [0.2, 0.25) is 10.0 Å². The zero-order valence-corrected chi connectivity index (χ0v) is 21.3. The van der Waals surface area contributed by atoms with Gasteiger partial charge in [0.05, 0.1) is 11.7 Å². The molecule has 1 atom stereocenters. The van der Waals surface area contributed by atoms with E-state index in [4.69, 9.17) is 27.9 Å². The highest BCUT2D eigenvalue weighted by Crippen LogP contribution is 2.34. The van der Waals surface area contributed by atoms with Crippen LogP contribution >= 0.6 is 23.2 Å². The van der Waals surface area contributed by atoms with Gasteiger partial charge in [0, 0.05) is 48.3 Å². The average Bonchev–Trinajstić information content (AvgIpc) is 2.85. The van der Waals surface area contributed by atoms with Gasteiger partial charge in [-0.2, -0.15) is 0 Å². The number of carbonyl (C=O) groups is 1. The van der Waals surface area contributed by atoms with Gasteiger partial charge in [-0.3, -0.25) is 4.79 Å². The minimum Gasteiger partial charge on any atom is -0.381 e. The summed E-state index contributed by atoms with van der Waals surface area (Å²) in [4.78, 5) is 13.1. The smallest absolute Gasteiger partial charge is 0.224 e. The molecule has 2 aliphatic heterocycles. The van der Waals surface area contributed by atoms with E-state index in [1.165, 1.54) is 9.87 Å². The molecule has 1 amide bonds. The molecule has 0 radical (unpaired) electrons. The van der Waals surface area contributed by atoms with Crippen molar-refractivity contribution >= 4 is 39.1 Å². The summed E-state index contributed by atoms with van der Waals surface area (Å²) in [7, 11) is -3.62. The number of hydrogen-bond acceptors (Lipinski definition) is 4. The largest absolute Gasteiger partial charge is 0.381 e. The first-order valence-corrected chi connectivity index (χ1v) is 14.0. The molecule has 2 aliphatic rings. The van der Waals surface area contributed by atoms with Crippen LogP contribution in [-0.2, 0) is 30.7 Å². The second kappa shape index (κ2) is 11.0. The quantitative estimate of drug-likeness (QED) is 0.582. The molecule has 2 saturated heterocycles. The Morgan fingerprint density at radius 3 is 2.56 bits per heavy atom. The molecule has 4 rings (SSSR count). The van der Waals surface area contributed by atoms with Crippen molar-refractivity contribution in [3.8, 4) is 0 Å². The number of ether oxygens (including phenoxy) is 1. The molecule has 1 N–H and O–H groups in total. The van der Waals surface area contributed by atoms with Crippen LogP contribution in [0.1, 0.15) is 36.8 Å². The number of hydrogen-bond donors (Lipinski definition) is 1. The third kappa shape index (κ3) is 5.94. The standard InChI is InChI=1S/C25H30Cl2N2O4S/c26-22-9-8-20(23(27)15-22)17-34(31,32)29-12-4-5-19(16-29)24(30)28-18-25(10-13-33-14-11-25)21-6-2-1-3-7-21/h1-3,6-9,15,19H,4-5,10-14,16-18H2,(H,28,30)/t19-/m1/s1. The minimum atomic E-state index is -3.62. The second-order valence-electron chi connectivity index (χ2n) is 9.17. The molecule has 2 aromatic carbocycles. The van der Waals surface area contributed by atoms with Gasteiger partial charge in [0.15, 0.2) is 0 Å². The summed E-state index contributed by atoms with van der Waals surface area (Å²) in [5, 5.41) is 3.93. The fourth-order valence-corrected chi connectivity index (χ4v) is 7.05. The number of piperidine rings is 1. The van der Waals surface area contributed by atoms with Crippen molar-refractivity contribution in [3.05, 3.63) is 69.7 Å². The summed E-state index contributed by atoms with van der Waals surface area (Å²) in [5.41, 5.74) is 1.54. The van der Waals surface area contributed by atoms with Gasteiger partial charge in [-0.1, -0.05) is 59.6 Å². The van der Waals surface area contributed by atoms with E-state index in [2.05, 4.69) is 17.4 Å². The lowest BCUT2D eigenvalue weighted by Gasteiger charge is -2.38. The molecule has 34 heavy (non-hydrogen) atoms. The second-order valence-corrected chi connectivity index (χ2v) is 12.0. The number of rotatable bonds is 7. The van der Waals surface area contributed by atoms with E-state index in [1.54, 1.807) is 18.2 Å². The maximum absolute atomic E-state index is 13.1. The Kier molecular flexibility index (Phi) is 8.20. The van der Waals surface area contributed by atoms with Crippen molar-refractivity contribution < 1.29 is 17.9 Å². The number of nitrogens with zero attached hydrogens (tertiary/aromatic N) is 1. The van der Waals surface area contributed by atoms with Gasteiger partial charge in [0.25, 0.3) is 0 Å². The molecule has 2 aromatic rings. The Bertz CT molecular complexity index is 1110. The van der Waals surface area contributed by atoms with Crippen molar-refractivity contribution in [2.45, 2.75) is 36.9 Å². The Balaban J connectivity index is 1.41. The highest BCUT2D eigenvalue weighted by atomic mass is 35.5. The van der Waals surface area contributed by atoms with Crippen LogP contribution in [0.4, 0.5) is 0 Å². The van der Waals surface area contributed by atoms with E-state index in [0.29, 0.717) is 54.8 Å². The summed E-state index contributed by atoms with van der Waals surface area (Å²) < 4.78 is 33.2. The number of amides is 1. The topological polar surface area (TPSA) is 75.7 Å². The van der Waals surface area contributed by atoms with Gasteiger partial charge >= 0.3 is 0 Å². The van der Waals surface area contributed by atoms with E-state index in [0.717, 1.165) is 12.8 Å². The minimum absolute atomic E-state index is 0.0915. The Morgan fingerprint density at radius 2 is 1.85 bits per heavy atom. The molecular formula is C25H30Cl2N2O4S. The van der Waals surface area contributed by atoms with E-state index in [1.807, 2.05) is 18.2 Å². The van der Waals surface area contributed by atoms with E-state index in [-0.39, 0.29) is 29.5 Å². The van der Waals surface area contributed by atoms with Crippen molar-refractivity contribution in [2.75, 3.05) is 32.8 Å². The molecule has 0 unspecified atom stereocenters. The van der Waals surface area contributed by atoms with Gasteiger partial charge in [-0.25, -0.2) is 12.7 Å². The summed E-state index contributed by atoms with van der Waals surface area (Å²) in [6.45, 7) is 2.42. The predicted octanol–water partition coefficient (Wildman–Crippen LogP) is 4.40. The van der Waals surface area contributed by atoms with Gasteiger partial charge in [0.2, 0.25) is 15.9 Å². The van der Waals surface area contributed by atoms with Gasteiger partial charge < -0.3 is 10.1 Å². The monoisotopic (exact) mass is 524 g/mol. The summed E-state index contributed by atoms with van der Waals surface area (Å²) in [6.07, 6.45) is 2.99. The van der Waals surface area contributed by atoms with Crippen molar-refractivity contribution in [2.24, 2.45) is 5.92 Å². The van der Waals surface area contributed by atoms with Gasteiger partial charge in [0.1, 0.15) is 0 Å². The molecule has 0 aliphatic carbocycles. The van der Waals surface area contributed by atoms with Crippen LogP contribution in [0.3, 0.4) is 0 Å². The molecule has 6 nitrogen and oxygen atoms in total. The highest BCUT2D eigenvalue weighted by Gasteiger charge is 2.37. The molecular weight excluding hydrogens is 495 g/mol. The van der Waals surface area contributed by atoms with Crippen molar-refractivity contribution in [1.82, 2.24) is 9.62 Å².